The fraction of sp³-hybridized carbons (Fsp3) is 0.263. The number of hydrogen-bond acceptors (Lipinski definition) is 3. The van der Waals surface area contributed by atoms with E-state index in [9.17, 15) is 9.59 Å². The minimum Gasteiger partial charge on any atom is -0.496 e. The predicted molar refractivity (Wildman–Crippen MR) is 102 cm³/mol. The van der Waals surface area contributed by atoms with Crippen molar-refractivity contribution in [2.45, 2.75) is 13.8 Å². The Morgan fingerprint density at radius 2 is 1.80 bits per heavy atom. The molecule has 0 unspecified atom stereocenters. The number of halogens is 1. The van der Waals surface area contributed by atoms with Gasteiger partial charge in [-0.2, -0.15) is 0 Å². The Bertz CT molecular complexity index is 773. The van der Waals surface area contributed by atoms with Gasteiger partial charge in [0.05, 0.1) is 11.6 Å². The molecule has 0 atom stereocenters. The molecule has 5 nitrogen and oxygen atoms in total. The number of benzene rings is 2. The summed E-state index contributed by atoms with van der Waals surface area (Å²) in [5, 5.41) is 2.82. The van der Waals surface area contributed by atoms with E-state index < -0.39 is 0 Å². The lowest BCUT2D eigenvalue weighted by atomic mass is 10.1. The van der Waals surface area contributed by atoms with Crippen LogP contribution in [0, 0.1) is 0 Å². The second kappa shape index (κ2) is 8.67. The van der Waals surface area contributed by atoms with Crippen molar-refractivity contribution in [3.05, 3.63) is 58.1 Å². The van der Waals surface area contributed by atoms with Gasteiger partial charge in [-0.05, 0) is 66.2 Å². The van der Waals surface area contributed by atoms with Crippen molar-refractivity contribution in [3.63, 3.8) is 0 Å². The van der Waals surface area contributed by atoms with Crippen molar-refractivity contribution in [2.24, 2.45) is 0 Å². The average Bonchev–Trinajstić information content (AvgIpc) is 2.62. The quantitative estimate of drug-likeness (QED) is 0.784. The van der Waals surface area contributed by atoms with Crippen LogP contribution in [0.3, 0.4) is 0 Å². The van der Waals surface area contributed by atoms with Crippen LogP contribution in [-0.4, -0.2) is 36.9 Å². The smallest absolute Gasteiger partial charge is 0.255 e. The van der Waals surface area contributed by atoms with Crippen LogP contribution in [0.25, 0.3) is 0 Å². The van der Waals surface area contributed by atoms with E-state index in [0.29, 0.717) is 40.1 Å². The summed E-state index contributed by atoms with van der Waals surface area (Å²) in [6.45, 7) is 5.17. The first-order chi connectivity index (χ1) is 12.0. The highest BCUT2D eigenvalue weighted by atomic mass is 79.9. The lowest BCUT2D eigenvalue weighted by molar-refractivity contribution is 0.0772. The summed E-state index contributed by atoms with van der Waals surface area (Å²) < 4.78 is 5.86. The number of carbonyl (C=O) groups excluding carboxylic acids is 2. The lowest BCUT2D eigenvalue weighted by Crippen LogP contribution is -2.30. The summed E-state index contributed by atoms with van der Waals surface area (Å²) in [5.74, 6) is 0.354. The summed E-state index contributed by atoms with van der Waals surface area (Å²) in [4.78, 5) is 26.6. The molecule has 0 radical (unpaired) electrons. The fourth-order valence-corrected chi connectivity index (χ4v) is 2.97. The number of amides is 2. The highest BCUT2D eigenvalue weighted by molar-refractivity contribution is 9.10. The fourth-order valence-electron chi connectivity index (χ4n) is 2.43. The molecule has 0 saturated heterocycles. The van der Waals surface area contributed by atoms with Gasteiger partial charge in [0.25, 0.3) is 11.8 Å². The van der Waals surface area contributed by atoms with E-state index in [1.807, 2.05) is 13.8 Å². The van der Waals surface area contributed by atoms with Gasteiger partial charge in [-0.15, -0.1) is 0 Å². The lowest BCUT2D eigenvalue weighted by Gasteiger charge is -2.19. The third-order valence-electron chi connectivity index (χ3n) is 3.83. The van der Waals surface area contributed by atoms with Gasteiger partial charge in [0.2, 0.25) is 0 Å². The largest absolute Gasteiger partial charge is 0.496 e. The zero-order valence-electron chi connectivity index (χ0n) is 14.5. The van der Waals surface area contributed by atoms with Crippen LogP contribution in [0.4, 0.5) is 5.69 Å². The highest BCUT2D eigenvalue weighted by Crippen LogP contribution is 2.26. The van der Waals surface area contributed by atoms with E-state index in [0.717, 1.165) is 0 Å². The second-order valence-corrected chi connectivity index (χ2v) is 6.22. The summed E-state index contributed by atoms with van der Waals surface area (Å²) >= 11 is 3.37. The van der Waals surface area contributed by atoms with Crippen LogP contribution < -0.4 is 10.1 Å². The molecule has 2 aromatic carbocycles. The molecule has 0 aromatic heterocycles. The number of nitrogens with zero attached hydrogens (tertiary/aromatic N) is 1. The Balaban J connectivity index is 2.17. The molecule has 0 saturated carbocycles. The molecular weight excluding hydrogens is 384 g/mol. The van der Waals surface area contributed by atoms with Gasteiger partial charge in [-0.3, -0.25) is 9.59 Å². The molecule has 0 bridgehead atoms. The first-order valence-electron chi connectivity index (χ1n) is 8.04. The van der Waals surface area contributed by atoms with Crippen LogP contribution in [0.2, 0.25) is 0 Å². The van der Waals surface area contributed by atoms with Gasteiger partial charge >= 0.3 is 0 Å². The standard InChI is InChI=1S/C19H21BrN2O3/c1-4-22(5-2)19(24)14-7-6-8-15(11-14)21-18(23)13-9-10-17(25-3)16(20)12-13/h6-12H,4-5H2,1-3H3,(H,21,23). The summed E-state index contributed by atoms with van der Waals surface area (Å²) in [5.41, 5.74) is 1.63. The molecule has 2 aromatic rings. The first-order valence-corrected chi connectivity index (χ1v) is 8.83. The average molecular weight is 405 g/mol. The zero-order valence-corrected chi connectivity index (χ0v) is 16.1. The number of carbonyl (C=O) groups is 2. The molecule has 25 heavy (non-hydrogen) atoms. The minimum atomic E-state index is -0.254. The number of hydrogen-bond donors (Lipinski definition) is 1. The number of methoxy groups -OCH3 is 1. The van der Waals surface area contributed by atoms with E-state index in [-0.39, 0.29) is 11.8 Å². The number of nitrogens with one attached hydrogen (secondary N) is 1. The van der Waals surface area contributed by atoms with Crippen molar-refractivity contribution in [1.82, 2.24) is 4.90 Å². The monoisotopic (exact) mass is 404 g/mol. The maximum atomic E-state index is 12.4. The van der Waals surface area contributed by atoms with Crippen molar-refractivity contribution in [3.8, 4) is 5.75 Å². The Morgan fingerprint density at radius 3 is 2.40 bits per heavy atom. The van der Waals surface area contributed by atoms with Crippen LogP contribution in [-0.2, 0) is 0 Å². The Hall–Kier alpha value is -2.34. The van der Waals surface area contributed by atoms with E-state index in [4.69, 9.17) is 4.74 Å². The van der Waals surface area contributed by atoms with Crippen LogP contribution in [0.5, 0.6) is 5.75 Å². The molecule has 1 N–H and O–H groups in total. The highest BCUT2D eigenvalue weighted by Gasteiger charge is 2.14. The first kappa shape index (κ1) is 19.0. The summed E-state index contributed by atoms with van der Waals surface area (Å²) in [7, 11) is 1.57. The maximum absolute atomic E-state index is 12.4. The number of ether oxygens (including phenoxy) is 1. The SMILES string of the molecule is CCN(CC)C(=O)c1cccc(NC(=O)c2ccc(OC)c(Br)c2)c1. The topological polar surface area (TPSA) is 58.6 Å². The Labute approximate surface area is 156 Å². The van der Waals surface area contributed by atoms with Gasteiger partial charge in [0.15, 0.2) is 0 Å². The molecule has 132 valence electrons. The van der Waals surface area contributed by atoms with Crippen LogP contribution >= 0.6 is 15.9 Å². The van der Waals surface area contributed by atoms with Crippen molar-refractivity contribution < 1.29 is 14.3 Å². The maximum Gasteiger partial charge on any atom is 0.255 e. The van der Waals surface area contributed by atoms with Crippen molar-refractivity contribution >= 4 is 33.4 Å². The number of anilines is 1. The third kappa shape index (κ3) is 4.60. The normalized spacial score (nSPS) is 10.2. The molecule has 0 spiro atoms. The minimum absolute atomic E-state index is 0.0479. The summed E-state index contributed by atoms with van der Waals surface area (Å²) in [6, 6.07) is 12.1. The molecule has 0 aliphatic carbocycles. The van der Waals surface area contributed by atoms with Gasteiger partial charge in [-0.25, -0.2) is 0 Å². The van der Waals surface area contributed by atoms with Crippen molar-refractivity contribution in [2.75, 3.05) is 25.5 Å². The predicted octanol–water partition coefficient (Wildman–Crippen LogP) is 4.19. The van der Waals surface area contributed by atoms with Gasteiger partial charge < -0.3 is 15.0 Å². The molecule has 6 heteroatoms. The molecular formula is C19H21BrN2O3. The van der Waals surface area contributed by atoms with Crippen molar-refractivity contribution in [1.29, 1.82) is 0 Å². The van der Waals surface area contributed by atoms with E-state index in [1.165, 1.54) is 0 Å². The molecule has 0 aliphatic heterocycles. The third-order valence-corrected chi connectivity index (χ3v) is 4.45. The van der Waals surface area contributed by atoms with Crippen LogP contribution in [0.1, 0.15) is 34.6 Å². The number of rotatable bonds is 6. The van der Waals surface area contributed by atoms with Gasteiger partial charge in [-0.1, -0.05) is 6.07 Å². The summed E-state index contributed by atoms with van der Waals surface area (Å²) in [6.07, 6.45) is 0. The van der Waals surface area contributed by atoms with E-state index >= 15 is 0 Å². The Morgan fingerprint density at radius 1 is 1.08 bits per heavy atom. The molecule has 2 rings (SSSR count). The molecule has 0 fully saturated rings. The van der Waals surface area contributed by atoms with Gasteiger partial charge in [0.1, 0.15) is 5.75 Å². The zero-order chi connectivity index (χ0) is 18.4. The Kier molecular flexibility index (Phi) is 6.58. The molecule has 0 aliphatic rings. The molecule has 0 heterocycles. The molecule has 2 amide bonds. The van der Waals surface area contributed by atoms with Gasteiger partial charge in [0, 0.05) is 29.9 Å². The van der Waals surface area contributed by atoms with E-state index in [1.54, 1.807) is 54.5 Å². The van der Waals surface area contributed by atoms with Crippen LogP contribution in [0.15, 0.2) is 46.9 Å². The second-order valence-electron chi connectivity index (χ2n) is 5.36. The van der Waals surface area contributed by atoms with E-state index in [2.05, 4.69) is 21.2 Å².